The maximum Gasteiger partial charge on any atom is 0.302 e. The summed E-state index contributed by atoms with van der Waals surface area (Å²) in [6, 6.07) is 0. The van der Waals surface area contributed by atoms with Crippen LogP contribution in [0.2, 0.25) is 0 Å². The van der Waals surface area contributed by atoms with Gasteiger partial charge < -0.3 is 4.74 Å². The third-order valence-electron chi connectivity index (χ3n) is 10.4. The predicted octanol–water partition coefficient (Wildman–Crippen LogP) is 8.60. The molecule has 0 amide bonds. The largest absolute Gasteiger partial charge is 0.463 e. The van der Waals surface area contributed by atoms with Crippen LogP contribution >= 0.6 is 0 Å². The second-order valence-electron chi connectivity index (χ2n) is 12.9. The van der Waals surface area contributed by atoms with E-state index in [2.05, 4.69) is 47.3 Å². The average Bonchev–Trinajstić information content (AvgIpc) is 3.07. The van der Waals surface area contributed by atoms with Crippen molar-refractivity contribution in [3.63, 3.8) is 0 Å². The molecule has 2 heteroatoms. The van der Waals surface area contributed by atoms with Crippen LogP contribution in [0.5, 0.6) is 0 Å². The van der Waals surface area contributed by atoms with Gasteiger partial charge >= 0.3 is 5.97 Å². The zero-order valence-electron chi connectivity index (χ0n) is 22.1. The van der Waals surface area contributed by atoms with Gasteiger partial charge in [-0.2, -0.15) is 0 Å². The topological polar surface area (TPSA) is 26.3 Å². The molecule has 0 aliphatic heterocycles. The molecule has 6 atom stereocenters. The lowest BCUT2D eigenvalue weighted by atomic mass is 9.49. The number of hydrogen-bond donors (Lipinski definition) is 0. The molecule has 0 aromatic carbocycles. The maximum absolute atomic E-state index is 11.4. The second kappa shape index (κ2) is 10.6. The molecule has 0 spiro atoms. The number of rotatable bonds is 9. The Kier molecular flexibility index (Phi) is 8.59. The molecule has 3 aliphatic rings. The van der Waals surface area contributed by atoms with Crippen LogP contribution in [0.15, 0.2) is 12.7 Å². The monoisotopic (exact) mass is 444 g/mol. The molecule has 6 unspecified atom stereocenters. The van der Waals surface area contributed by atoms with Crippen LogP contribution in [0.25, 0.3) is 0 Å². The summed E-state index contributed by atoms with van der Waals surface area (Å²) in [5, 5.41) is 0. The molecular weight excluding hydrogens is 392 g/mol. The van der Waals surface area contributed by atoms with Gasteiger partial charge in [0.25, 0.3) is 0 Å². The van der Waals surface area contributed by atoms with Crippen molar-refractivity contribution in [2.75, 3.05) is 0 Å². The van der Waals surface area contributed by atoms with Gasteiger partial charge in [0.15, 0.2) is 0 Å². The van der Waals surface area contributed by atoms with Gasteiger partial charge in [-0.3, -0.25) is 4.79 Å². The highest BCUT2D eigenvalue weighted by Crippen LogP contribution is 2.65. The van der Waals surface area contributed by atoms with Gasteiger partial charge in [-0.25, -0.2) is 0 Å². The Morgan fingerprint density at radius 2 is 1.69 bits per heavy atom. The van der Waals surface area contributed by atoms with E-state index in [0.29, 0.717) is 10.8 Å². The number of fused-ring (bicyclic) bond motifs is 1. The number of carbonyl (C=O) groups excluding carboxylic acids is 1. The fourth-order valence-corrected chi connectivity index (χ4v) is 8.67. The molecule has 2 nitrogen and oxygen atoms in total. The number of esters is 1. The number of hydrogen-bond acceptors (Lipinski definition) is 2. The Balaban J connectivity index is 1.70. The van der Waals surface area contributed by atoms with Gasteiger partial charge in [0.2, 0.25) is 0 Å². The molecule has 0 bridgehead atoms. The molecule has 0 radical (unpaired) electrons. The minimum Gasteiger partial charge on any atom is -0.463 e. The molecule has 3 fully saturated rings. The van der Waals surface area contributed by atoms with Crippen molar-refractivity contribution in [3.8, 4) is 0 Å². The fourth-order valence-electron chi connectivity index (χ4n) is 8.67. The van der Waals surface area contributed by atoms with E-state index in [0.717, 1.165) is 48.3 Å². The lowest BCUT2D eigenvalue weighted by molar-refractivity contribution is -0.150. The molecule has 3 aliphatic carbocycles. The minimum atomic E-state index is -0.115. The summed E-state index contributed by atoms with van der Waals surface area (Å²) in [6.45, 7) is 18.2. The first-order valence-corrected chi connectivity index (χ1v) is 13.9. The van der Waals surface area contributed by atoms with E-state index in [1.54, 1.807) is 6.92 Å². The summed E-state index contributed by atoms with van der Waals surface area (Å²) in [6.07, 6.45) is 17.9. The van der Waals surface area contributed by atoms with Crippen LogP contribution in [0.3, 0.4) is 0 Å². The van der Waals surface area contributed by atoms with Crippen molar-refractivity contribution in [1.82, 2.24) is 0 Å². The van der Waals surface area contributed by atoms with Crippen LogP contribution in [-0.4, -0.2) is 12.1 Å². The Labute approximate surface area is 199 Å². The average molecular weight is 445 g/mol. The van der Waals surface area contributed by atoms with Crippen LogP contribution in [0.1, 0.15) is 119 Å². The van der Waals surface area contributed by atoms with E-state index >= 15 is 0 Å². The molecule has 0 saturated heterocycles. The second-order valence-corrected chi connectivity index (χ2v) is 12.9. The van der Waals surface area contributed by atoms with Gasteiger partial charge in [0.05, 0.1) is 0 Å². The highest BCUT2D eigenvalue weighted by Gasteiger charge is 2.57. The first-order valence-electron chi connectivity index (χ1n) is 13.9. The third kappa shape index (κ3) is 5.47. The van der Waals surface area contributed by atoms with E-state index in [1.807, 2.05) is 0 Å². The summed E-state index contributed by atoms with van der Waals surface area (Å²) in [5.74, 6) is 4.93. The van der Waals surface area contributed by atoms with Gasteiger partial charge in [0, 0.05) is 6.92 Å². The lowest BCUT2D eigenvalue weighted by Crippen LogP contribution is -2.48. The molecule has 32 heavy (non-hydrogen) atoms. The first-order chi connectivity index (χ1) is 15.1. The van der Waals surface area contributed by atoms with E-state index in [-0.39, 0.29) is 12.1 Å². The third-order valence-corrected chi connectivity index (χ3v) is 10.4. The van der Waals surface area contributed by atoms with E-state index in [1.165, 1.54) is 64.2 Å². The van der Waals surface area contributed by atoms with Gasteiger partial charge in [-0.15, -0.1) is 6.58 Å². The number of allylic oxidation sites excluding steroid dienone is 1. The summed E-state index contributed by atoms with van der Waals surface area (Å²) in [5.41, 5.74) is 0.916. The van der Waals surface area contributed by atoms with Crippen LogP contribution in [0, 0.1) is 46.3 Å². The first kappa shape index (κ1) is 25.8. The molecule has 0 aromatic heterocycles. The molecule has 0 aromatic rings. The molecule has 0 N–H and O–H groups in total. The summed E-state index contributed by atoms with van der Waals surface area (Å²) >= 11 is 0. The molecular formula is C30H52O2. The number of carbonyl (C=O) groups is 1. The maximum atomic E-state index is 11.4. The highest BCUT2D eigenvalue weighted by atomic mass is 16.5. The number of ether oxygens (including phenoxy) is 1. The van der Waals surface area contributed by atoms with E-state index in [9.17, 15) is 4.79 Å². The summed E-state index contributed by atoms with van der Waals surface area (Å²) in [7, 11) is 0. The molecule has 184 valence electrons. The highest BCUT2D eigenvalue weighted by molar-refractivity contribution is 5.66. The van der Waals surface area contributed by atoms with Crippen LogP contribution in [0.4, 0.5) is 0 Å². The molecule has 0 heterocycles. The van der Waals surface area contributed by atoms with Crippen molar-refractivity contribution in [2.45, 2.75) is 125 Å². The normalized spacial score (nSPS) is 40.7. The van der Waals surface area contributed by atoms with E-state index < -0.39 is 0 Å². The fraction of sp³-hybridized carbons (Fsp3) is 0.900. The van der Waals surface area contributed by atoms with Crippen LogP contribution < -0.4 is 0 Å². The minimum absolute atomic E-state index is 0.115. The Bertz CT molecular complexity index is 629. The van der Waals surface area contributed by atoms with Crippen molar-refractivity contribution < 1.29 is 9.53 Å². The smallest absolute Gasteiger partial charge is 0.302 e. The van der Waals surface area contributed by atoms with Crippen molar-refractivity contribution in [1.29, 1.82) is 0 Å². The Hall–Kier alpha value is -0.790. The Morgan fingerprint density at radius 1 is 1.00 bits per heavy atom. The van der Waals surface area contributed by atoms with Crippen molar-refractivity contribution in [3.05, 3.63) is 12.7 Å². The molecule has 3 saturated carbocycles. The molecule has 3 rings (SSSR count). The lowest BCUT2D eigenvalue weighted by Gasteiger charge is -2.56. The van der Waals surface area contributed by atoms with Gasteiger partial charge in [0.1, 0.15) is 6.10 Å². The zero-order chi connectivity index (χ0) is 23.5. The van der Waals surface area contributed by atoms with E-state index in [4.69, 9.17) is 4.74 Å². The predicted molar refractivity (Wildman–Crippen MR) is 135 cm³/mol. The van der Waals surface area contributed by atoms with Crippen molar-refractivity contribution in [2.24, 2.45) is 46.3 Å². The van der Waals surface area contributed by atoms with Crippen LogP contribution in [-0.2, 0) is 9.53 Å². The SMILES string of the molecule is C=CCC1C(C2(C)CCC(OC(C)=O)CC2)CCC2(C)C(C(C)CCCC(C)C)CCC12. The summed E-state index contributed by atoms with van der Waals surface area (Å²) in [4.78, 5) is 11.4. The van der Waals surface area contributed by atoms with Gasteiger partial charge in [-0.05, 0) is 104 Å². The Morgan fingerprint density at radius 3 is 2.28 bits per heavy atom. The van der Waals surface area contributed by atoms with Crippen molar-refractivity contribution >= 4 is 5.97 Å². The standard InChI is InChI=1S/C30H52O2/c1-8-10-25-27(29(6)18-15-24(16-19-29)32-23(5)31)17-20-30(7)26(13-14-28(25)30)22(4)12-9-11-21(2)3/h8,21-22,24-28H,1,9-20H2,2-7H3. The van der Waals surface area contributed by atoms with Gasteiger partial charge in [-0.1, -0.05) is 60.0 Å². The zero-order valence-corrected chi connectivity index (χ0v) is 22.1. The summed E-state index contributed by atoms with van der Waals surface area (Å²) < 4.78 is 5.56. The quantitative estimate of drug-likeness (QED) is 0.263.